The molecule has 7 heteroatoms. The van der Waals surface area contributed by atoms with Gasteiger partial charge in [0, 0.05) is 26.9 Å². The third-order valence-corrected chi connectivity index (χ3v) is 5.41. The highest BCUT2D eigenvalue weighted by Gasteiger charge is 2.27. The topological polar surface area (TPSA) is 65.0 Å². The maximum atomic E-state index is 9.88. The average Bonchev–Trinajstić information content (AvgIpc) is 2.35. The quantitative estimate of drug-likeness (QED) is 0.529. The van der Waals surface area contributed by atoms with Crippen molar-refractivity contribution in [1.82, 2.24) is 0 Å². The number of rotatable bonds is 6. The average molecular weight is 266 g/mol. The van der Waals surface area contributed by atoms with Gasteiger partial charge in [-0.2, -0.15) is 0 Å². The predicted octanol–water partition coefficient (Wildman–Crippen LogP) is -0.270. The number of hydrogen-bond donors (Lipinski definition) is 1. The lowest BCUT2D eigenvalue weighted by molar-refractivity contribution is -0.128. The molecule has 0 aliphatic heterocycles. The summed E-state index contributed by atoms with van der Waals surface area (Å²) >= 11 is 0. The van der Waals surface area contributed by atoms with Crippen molar-refractivity contribution in [2.45, 2.75) is 19.0 Å². The van der Waals surface area contributed by atoms with Gasteiger partial charge in [-0.1, -0.05) is 6.58 Å². The molecule has 0 saturated carbocycles. The van der Waals surface area contributed by atoms with Crippen LogP contribution in [0.1, 0.15) is 6.42 Å². The fourth-order valence-electron chi connectivity index (χ4n) is 0.771. The molecule has 0 fully saturated rings. The van der Waals surface area contributed by atoms with E-state index < -0.39 is 8.56 Å². The molecule has 0 amide bonds. The highest BCUT2D eigenvalue weighted by molar-refractivity contribution is 6.65. The fraction of sp³-hybridized carbons (Fsp3) is 0.667. The van der Waals surface area contributed by atoms with Crippen LogP contribution in [0.25, 0.3) is 0 Å². The van der Waals surface area contributed by atoms with Crippen molar-refractivity contribution in [1.29, 1.82) is 0 Å². The molecule has 0 unspecified atom stereocenters. The monoisotopic (exact) mass is 266 g/mol. The van der Waals surface area contributed by atoms with Gasteiger partial charge < -0.3 is 18.4 Å². The first-order valence-electron chi connectivity index (χ1n) is 4.91. The first-order valence-corrected chi connectivity index (χ1v) is 8.25. The summed E-state index contributed by atoms with van der Waals surface area (Å²) in [5.41, 5.74) is 0. The van der Waals surface area contributed by atoms with E-state index in [1.165, 1.54) is 0 Å². The van der Waals surface area contributed by atoms with E-state index in [1.807, 2.05) is 6.55 Å². The summed E-state index contributed by atoms with van der Waals surface area (Å²) in [6.45, 7) is 5.39. The Balaban J connectivity index is 0. The number of aliphatic hydroxyl groups is 1. The second-order valence-electron chi connectivity index (χ2n) is 3.10. The van der Waals surface area contributed by atoms with E-state index in [-0.39, 0.29) is 12.6 Å². The Morgan fingerprint density at radius 2 is 2.00 bits per heavy atom. The van der Waals surface area contributed by atoms with Crippen LogP contribution in [0, 0.1) is 0 Å². The van der Waals surface area contributed by atoms with Gasteiger partial charge in [-0.3, -0.25) is 0 Å². The summed E-state index contributed by atoms with van der Waals surface area (Å²) in [5, 5.41) is 8.53. The van der Waals surface area contributed by atoms with E-state index in [4.69, 9.17) is 14.0 Å². The van der Waals surface area contributed by atoms with E-state index in [0.29, 0.717) is 10.5 Å². The Hall–Kier alpha value is -0.476. The van der Waals surface area contributed by atoms with Gasteiger partial charge in [0.2, 0.25) is 10.5 Å². The molecule has 96 valence electrons. The van der Waals surface area contributed by atoms with Crippen LogP contribution < -0.4 is 0 Å². The van der Waals surface area contributed by atoms with Gasteiger partial charge in [-0.05, 0) is 19.0 Å². The lowest BCUT2D eigenvalue weighted by Gasteiger charge is -2.21. The van der Waals surface area contributed by atoms with Crippen LogP contribution >= 0.6 is 0 Å². The molecule has 0 spiro atoms. The van der Waals surface area contributed by atoms with E-state index in [9.17, 15) is 4.79 Å². The van der Waals surface area contributed by atoms with Gasteiger partial charge >= 0.3 is 14.5 Å². The molecule has 0 heterocycles. The summed E-state index contributed by atoms with van der Waals surface area (Å²) in [6.07, 6.45) is 1.91. The van der Waals surface area contributed by atoms with Crippen LogP contribution in [-0.4, -0.2) is 50.9 Å². The van der Waals surface area contributed by atoms with Gasteiger partial charge in [0.25, 0.3) is 0 Å². The molecule has 0 aliphatic carbocycles. The Morgan fingerprint density at radius 1 is 1.50 bits per heavy atom. The molecular formula is C9H22O5Si2. The van der Waals surface area contributed by atoms with Crippen LogP contribution in [0.4, 0.5) is 0 Å². The summed E-state index contributed by atoms with van der Waals surface area (Å²) < 4.78 is 14.7. The SMILES string of the molecule is C=CC(=O)O[SiH3].CO[Si](C)(CCCO)OC. The summed E-state index contributed by atoms with van der Waals surface area (Å²) in [5.74, 6) is -0.332. The van der Waals surface area contributed by atoms with E-state index in [1.54, 1.807) is 14.2 Å². The Kier molecular flexibility index (Phi) is 12.3. The van der Waals surface area contributed by atoms with Crippen LogP contribution in [0.5, 0.6) is 0 Å². The van der Waals surface area contributed by atoms with Crippen molar-refractivity contribution in [3.05, 3.63) is 12.7 Å². The Morgan fingerprint density at radius 3 is 2.19 bits per heavy atom. The third kappa shape index (κ3) is 10.1. The maximum absolute atomic E-state index is 9.88. The summed E-state index contributed by atoms with van der Waals surface area (Å²) in [6, 6.07) is 0.858. The predicted molar refractivity (Wildman–Crippen MR) is 68.4 cm³/mol. The molecule has 0 saturated heterocycles. The highest BCUT2D eigenvalue weighted by Crippen LogP contribution is 2.12. The van der Waals surface area contributed by atoms with Crippen LogP contribution in [-0.2, 0) is 18.1 Å². The molecular weight excluding hydrogens is 244 g/mol. The van der Waals surface area contributed by atoms with Crippen molar-refractivity contribution < 1.29 is 23.2 Å². The summed E-state index contributed by atoms with van der Waals surface area (Å²) in [4.78, 5) is 9.88. The van der Waals surface area contributed by atoms with Gasteiger partial charge in [0.05, 0.1) is 0 Å². The van der Waals surface area contributed by atoms with Gasteiger partial charge in [-0.15, -0.1) is 0 Å². The van der Waals surface area contributed by atoms with Crippen LogP contribution in [0.15, 0.2) is 12.7 Å². The molecule has 0 radical (unpaired) electrons. The van der Waals surface area contributed by atoms with Crippen LogP contribution in [0.2, 0.25) is 12.6 Å². The molecule has 0 aliphatic rings. The minimum absolute atomic E-state index is 0.218. The number of aliphatic hydroxyl groups excluding tert-OH is 1. The molecule has 0 rings (SSSR count). The van der Waals surface area contributed by atoms with E-state index in [2.05, 4.69) is 11.0 Å². The van der Waals surface area contributed by atoms with Crippen molar-refractivity contribution >= 4 is 25.0 Å². The second kappa shape index (κ2) is 11.0. The van der Waals surface area contributed by atoms with Crippen molar-refractivity contribution in [2.75, 3.05) is 20.8 Å². The molecule has 16 heavy (non-hydrogen) atoms. The largest absolute Gasteiger partial charge is 0.526 e. The van der Waals surface area contributed by atoms with Crippen molar-refractivity contribution in [3.8, 4) is 0 Å². The third-order valence-electron chi connectivity index (χ3n) is 2.02. The van der Waals surface area contributed by atoms with Gasteiger partial charge in [0.15, 0.2) is 0 Å². The minimum atomic E-state index is -1.88. The zero-order chi connectivity index (χ0) is 13.0. The lowest BCUT2D eigenvalue weighted by atomic mass is 10.5. The number of hydrogen-bond acceptors (Lipinski definition) is 5. The van der Waals surface area contributed by atoms with Crippen molar-refractivity contribution in [2.24, 2.45) is 0 Å². The Bertz CT molecular complexity index is 194. The zero-order valence-electron chi connectivity index (χ0n) is 10.5. The Labute approximate surface area is 101 Å². The number of carbonyl (C=O) groups is 1. The second-order valence-corrected chi connectivity index (χ2v) is 7.09. The van der Waals surface area contributed by atoms with Gasteiger partial charge in [0.1, 0.15) is 0 Å². The van der Waals surface area contributed by atoms with Crippen molar-refractivity contribution in [3.63, 3.8) is 0 Å². The smallest absolute Gasteiger partial charge is 0.334 e. The first kappa shape index (κ1) is 17.9. The van der Waals surface area contributed by atoms with Crippen LogP contribution in [0.3, 0.4) is 0 Å². The highest BCUT2D eigenvalue weighted by atomic mass is 28.4. The van der Waals surface area contributed by atoms with Gasteiger partial charge in [-0.25, -0.2) is 4.79 Å². The fourth-order valence-corrected chi connectivity index (χ4v) is 2.31. The lowest BCUT2D eigenvalue weighted by Crippen LogP contribution is -2.35. The summed E-state index contributed by atoms with van der Waals surface area (Å²) in [7, 11) is 1.90. The molecule has 1 N–H and O–H groups in total. The molecule has 0 aromatic rings. The normalized spacial score (nSPS) is 10.2. The van der Waals surface area contributed by atoms with E-state index in [0.717, 1.165) is 18.5 Å². The molecule has 5 nitrogen and oxygen atoms in total. The minimum Gasteiger partial charge on any atom is -0.526 e. The molecule has 0 bridgehead atoms. The molecule has 0 atom stereocenters. The first-order chi connectivity index (χ1) is 7.49. The maximum Gasteiger partial charge on any atom is 0.334 e. The molecule has 0 aromatic carbocycles. The number of carbonyl (C=O) groups excluding carboxylic acids is 1. The van der Waals surface area contributed by atoms with E-state index >= 15 is 0 Å². The molecule has 0 aromatic heterocycles. The zero-order valence-corrected chi connectivity index (χ0v) is 13.5. The standard InChI is InChI=1S/C6H16O3Si.C3H6O2Si/c1-8-10(3,9-2)6-4-5-7;1-2-3(4)5-6/h7H,4-6H2,1-3H3;2H,1H2,6H3.